The van der Waals surface area contributed by atoms with Crippen LogP contribution in [0.4, 0.5) is 0 Å². The van der Waals surface area contributed by atoms with Crippen molar-refractivity contribution in [1.82, 2.24) is 0 Å². The Bertz CT molecular complexity index is 4330. The molecule has 0 unspecified atom stereocenters. The van der Waals surface area contributed by atoms with Crippen molar-refractivity contribution in [2.75, 3.05) is 0 Å². The average molecular weight is 625 g/mol. The molecule has 1 heteroatoms. The Morgan fingerprint density at radius 2 is 0.809 bits per heavy atom. The lowest BCUT2D eigenvalue weighted by atomic mass is 9.85. The third-order valence-corrected chi connectivity index (χ3v) is 7.70. The molecule has 0 aliphatic heterocycles. The van der Waals surface area contributed by atoms with E-state index in [9.17, 15) is 15.1 Å². The van der Waals surface area contributed by atoms with E-state index in [0.717, 1.165) is 0 Å². The second-order valence-electron chi connectivity index (χ2n) is 10.3. The van der Waals surface area contributed by atoms with Gasteiger partial charge in [-0.1, -0.05) is 145 Å². The van der Waals surface area contributed by atoms with Crippen molar-refractivity contribution in [2.45, 2.75) is 0 Å². The molecule has 0 N–H and O–H groups in total. The van der Waals surface area contributed by atoms with Crippen LogP contribution >= 0.6 is 0 Å². The first-order valence-electron chi connectivity index (χ1n) is 27.9. The minimum Gasteiger partial charge on any atom is -0.456 e. The molecule has 9 aromatic carbocycles. The highest BCUT2D eigenvalue weighted by atomic mass is 16.3. The van der Waals surface area contributed by atoms with Gasteiger partial charge in [-0.3, -0.25) is 0 Å². The van der Waals surface area contributed by atoms with Crippen LogP contribution in [-0.2, 0) is 0 Å². The smallest absolute Gasteiger partial charge is 0.136 e. The number of hydrogen-bond acceptors (Lipinski definition) is 1. The predicted octanol–water partition coefficient (Wildman–Crippen LogP) is 13.2. The van der Waals surface area contributed by atoms with Crippen molar-refractivity contribution in [3.63, 3.8) is 0 Å². The van der Waals surface area contributed by atoms with E-state index in [1.165, 1.54) is 0 Å². The summed E-state index contributed by atoms with van der Waals surface area (Å²) in [6.45, 7) is 0. The number of hydrogen-bond donors (Lipinski definition) is 0. The molecule has 0 saturated carbocycles. The molecule has 1 nitrogen and oxygen atoms in total. The molecule has 0 spiro atoms. The Labute approximate surface area is 311 Å². The summed E-state index contributed by atoms with van der Waals surface area (Å²) >= 11 is 0. The second-order valence-corrected chi connectivity index (χ2v) is 10.3. The van der Waals surface area contributed by atoms with Crippen molar-refractivity contribution in [2.24, 2.45) is 0 Å². The summed E-state index contributed by atoms with van der Waals surface area (Å²) in [7, 11) is 0. The molecule has 10 rings (SSSR count). The van der Waals surface area contributed by atoms with Gasteiger partial charge in [0.2, 0.25) is 0 Å². The van der Waals surface area contributed by atoms with E-state index in [2.05, 4.69) is 0 Å². The van der Waals surface area contributed by atoms with Crippen LogP contribution in [0.3, 0.4) is 0 Å². The molecule has 0 amide bonds. The van der Waals surface area contributed by atoms with E-state index < -0.39 is 268 Å². The Kier molecular flexibility index (Phi) is 2.31. The molecule has 1 aromatic heterocycles. The van der Waals surface area contributed by atoms with Crippen LogP contribution in [0.2, 0.25) is 0 Å². The Morgan fingerprint density at radius 3 is 1.51 bits per heavy atom. The highest BCUT2D eigenvalue weighted by molar-refractivity contribution is 6.23. The molecule has 47 heavy (non-hydrogen) atoms. The number of furan rings is 1. The number of benzene rings is 9. The topological polar surface area (TPSA) is 13.1 Å². The zero-order chi connectivity index (χ0) is 55.3. The average Bonchev–Trinajstić information content (AvgIpc) is 3.78. The van der Waals surface area contributed by atoms with E-state index in [1.807, 2.05) is 0 Å². The van der Waals surface area contributed by atoms with Gasteiger partial charge in [-0.2, -0.15) is 0 Å². The summed E-state index contributed by atoms with van der Waals surface area (Å²) in [6, 6.07) is -25.5. The fraction of sp³-hybridized carbons (Fsp3) is 0. The van der Waals surface area contributed by atoms with Gasteiger partial charge in [-0.25, -0.2) is 0 Å². The van der Waals surface area contributed by atoms with Crippen LogP contribution in [-0.4, -0.2) is 0 Å². The minimum absolute atomic E-state index is 0.401. The van der Waals surface area contributed by atoms with Crippen LogP contribution in [0.5, 0.6) is 0 Å². The van der Waals surface area contributed by atoms with Crippen LogP contribution < -0.4 is 0 Å². The Morgan fingerprint density at radius 1 is 0.319 bits per heavy atom. The lowest BCUT2D eigenvalue weighted by molar-refractivity contribution is 0.669. The van der Waals surface area contributed by atoms with Crippen LogP contribution in [0, 0.1) is 0 Å². The highest BCUT2D eigenvalue weighted by Gasteiger charge is 2.18. The monoisotopic (exact) mass is 624 g/mol. The summed E-state index contributed by atoms with van der Waals surface area (Å²) < 4.78 is 257. The zero-order valence-corrected chi connectivity index (χ0v) is 23.4. The maximum absolute atomic E-state index is 9.88. The third kappa shape index (κ3) is 4.03. The SMILES string of the molecule is [2H]c1c([2H])c(-c2c3c([2H])c([2H])c([2H])c([2H])c3c(-c3c([2H])c([2H])c4oc5c([2H])c([2H])c6c([2H])c([2H])c([2H])c([2H])c6c5c4c3[2H])c3c([2H])c([2H])c([2H])c([2H])c23)c([2H])c([2H])c1-c1c([2H])c([2H])c2c([2H])c([2H])c([2H])c([2H])c2c1[2H]. The van der Waals surface area contributed by atoms with Gasteiger partial charge < -0.3 is 4.42 Å². The predicted molar refractivity (Wildman–Crippen MR) is 200 cm³/mol. The largest absolute Gasteiger partial charge is 0.456 e. The van der Waals surface area contributed by atoms with Crippen LogP contribution in [0.1, 0.15) is 38.4 Å². The third-order valence-electron chi connectivity index (χ3n) is 7.70. The van der Waals surface area contributed by atoms with Gasteiger partial charge in [0, 0.05) is 10.8 Å². The lowest BCUT2D eigenvalue weighted by Crippen LogP contribution is -1.91. The number of fused-ring (bicyclic) bond motifs is 8. The van der Waals surface area contributed by atoms with Gasteiger partial charge in [0.15, 0.2) is 0 Å². The molecular formula is C46H28O. The second kappa shape index (κ2) is 10.2. The van der Waals surface area contributed by atoms with Crippen molar-refractivity contribution >= 4 is 65.0 Å². The molecule has 0 aliphatic carbocycles. The molecule has 1 heterocycles. The standard InChI is InChI=1S/C46H28O/c1-2-11-33-27-34(22-19-29(33)9-1)30-17-20-32(21-18-30)44-37-13-5-7-15-39(37)45(40-16-8-6-14-38(40)44)35-24-25-42-41(28-35)46-36-12-4-3-10-31(36)23-26-43(46)47-42/h1-28H/i1D,2D,3D,4D,5D,6D,7D,8D,9D,10D,11D,12D,13D,14D,15D,16D,17D,18D,19D,20D,21D,22D,23D,24D,25D,26D,27D,28D. The Hall–Kier alpha value is -6.18. The Balaban J connectivity index is 1.45. The maximum Gasteiger partial charge on any atom is 0.136 e. The molecule has 0 fully saturated rings. The van der Waals surface area contributed by atoms with Crippen molar-refractivity contribution in [3.05, 3.63) is 169 Å². The highest BCUT2D eigenvalue weighted by Crippen LogP contribution is 2.45. The van der Waals surface area contributed by atoms with E-state index in [0.29, 0.717) is 0 Å². The summed E-state index contributed by atoms with van der Waals surface area (Å²) in [5, 5.41) is -5.95. The summed E-state index contributed by atoms with van der Waals surface area (Å²) in [4.78, 5) is 0. The van der Waals surface area contributed by atoms with Gasteiger partial charge in [0.05, 0.1) is 38.4 Å². The first-order valence-corrected chi connectivity index (χ1v) is 13.9. The first kappa shape index (κ1) is 10.7. The van der Waals surface area contributed by atoms with Crippen molar-refractivity contribution in [1.29, 1.82) is 0 Å². The molecule has 0 bridgehead atoms. The first-order chi connectivity index (χ1) is 35.0. The summed E-state index contributed by atoms with van der Waals surface area (Å²) in [5.41, 5.74) is -5.88. The molecule has 218 valence electrons. The fourth-order valence-corrected chi connectivity index (χ4v) is 5.67. The van der Waals surface area contributed by atoms with E-state index in [4.69, 9.17) is 27.7 Å². The van der Waals surface area contributed by atoms with Crippen molar-refractivity contribution < 1.29 is 42.8 Å². The molecule has 0 radical (unpaired) electrons. The van der Waals surface area contributed by atoms with Crippen LogP contribution in [0.25, 0.3) is 98.4 Å². The summed E-state index contributed by atoms with van der Waals surface area (Å²) in [6.07, 6.45) is 0. The molecule has 0 saturated heterocycles. The van der Waals surface area contributed by atoms with Crippen LogP contribution in [0.15, 0.2) is 174 Å². The fourth-order valence-electron chi connectivity index (χ4n) is 5.67. The molecular weight excluding hydrogens is 569 g/mol. The molecule has 0 aliphatic rings. The van der Waals surface area contributed by atoms with E-state index in [-0.39, 0.29) is 0 Å². The zero-order valence-electron chi connectivity index (χ0n) is 51.4. The molecule has 10 aromatic rings. The maximum atomic E-state index is 9.88. The van der Waals surface area contributed by atoms with Gasteiger partial charge in [0.25, 0.3) is 0 Å². The quantitative estimate of drug-likeness (QED) is 0.178. The minimum atomic E-state index is -1.10. The lowest BCUT2D eigenvalue weighted by Gasteiger charge is -2.18. The molecule has 0 atom stereocenters. The van der Waals surface area contributed by atoms with E-state index in [1.54, 1.807) is 0 Å². The normalized spacial score (nSPS) is 20.2. The summed E-state index contributed by atoms with van der Waals surface area (Å²) in [5.74, 6) is 0. The van der Waals surface area contributed by atoms with E-state index >= 15 is 0 Å². The van der Waals surface area contributed by atoms with Crippen molar-refractivity contribution in [3.8, 4) is 33.4 Å². The van der Waals surface area contributed by atoms with Gasteiger partial charge >= 0.3 is 0 Å². The van der Waals surface area contributed by atoms with Gasteiger partial charge in [-0.05, 0) is 101 Å². The number of rotatable bonds is 3. The van der Waals surface area contributed by atoms with Gasteiger partial charge in [-0.15, -0.1) is 0 Å². The van der Waals surface area contributed by atoms with Gasteiger partial charge in [0.1, 0.15) is 11.2 Å².